The number of benzene rings is 1. The Morgan fingerprint density at radius 1 is 1.33 bits per heavy atom. The van der Waals surface area contributed by atoms with Gasteiger partial charge in [-0.25, -0.2) is 0 Å². The molecule has 1 fully saturated rings. The molecule has 0 radical (unpaired) electrons. The van der Waals surface area contributed by atoms with E-state index in [-0.39, 0.29) is 12.0 Å². The summed E-state index contributed by atoms with van der Waals surface area (Å²) in [5.41, 5.74) is 0.421. The Balaban J connectivity index is 2.39. The van der Waals surface area contributed by atoms with Crippen molar-refractivity contribution in [3.63, 3.8) is 0 Å². The van der Waals surface area contributed by atoms with E-state index in [1.54, 1.807) is 7.11 Å². The molecule has 1 aromatic carbocycles. The maximum Gasteiger partial charge on any atom is 0.570 e. The molecule has 1 atom stereocenters. The standard InChI is InChI=1S/C12H18O5P/c1-12(2)8-16-18(13,14)17-11(12)9-6-4-5-7-10(9)15-3/h4-7,11,13-14H,8H2,1-3H3/q+1/t11-/m1/s1. The summed E-state index contributed by atoms with van der Waals surface area (Å²) >= 11 is 0. The van der Waals surface area contributed by atoms with E-state index in [2.05, 4.69) is 0 Å². The van der Waals surface area contributed by atoms with Gasteiger partial charge >= 0.3 is 8.17 Å². The van der Waals surface area contributed by atoms with Gasteiger partial charge in [-0.15, -0.1) is 4.52 Å². The number of ether oxygens (including phenoxy) is 1. The molecule has 1 saturated heterocycles. The van der Waals surface area contributed by atoms with Crippen LogP contribution < -0.4 is 4.74 Å². The minimum atomic E-state index is -3.72. The summed E-state index contributed by atoms with van der Waals surface area (Å²) in [6, 6.07) is 7.40. The highest BCUT2D eigenvalue weighted by Gasteiger charge is 2.55. The molecule has 1 aromatic rings. The summed E-state index contributed by atoms with van der Waals surface area (Å²) in [7, 11) is -2.15. The van der Waals surface area contributed by atoms with Crippen LogP contribution in [0.4, 0.5) is 0 Å². The lowest BCUT2D eigenvalue weighted by atomic mass is 9.83. The number of para-hydroxylation sites is 1. The number of hydrogen-bond donors (Lipinski definition) is 2. The normalized spacial score (nSPS) is 25.7. The van der Waals surface area contributed by atoms with Crippen LogP contribution in [-0.4, -0.2) is 23.5 Å². The van der Waals surface area contributed by atoms with Crippen molar-refractivity contribution in [3.05, 3.63) is 29.8 Å². The van der Waals surface area contributed by atoms with Crippen LogP contribution in [0.25, 0.3) is 0 Å². The largest absolute Gasteiger partial charge is 0.570 e. The second kappa shape index (κ2) is 4.76. The minimum Gasteiger partial charge on any atom is -0.496 e. The van der Waals surface area contributed by atoms with Gasteiger partial charge in [-0.1, -0.05) is 32.0 Å². The van der Waals surface area contributed by atoms with Gasteiger partial charge in [-0.3, -0.25) is 0 Å². The maximum atomic E-state index is 9.58. The summed E-state index contributed by atoms with van der Waals surface area (Å²) < 4.78 is 15.6. The Bertz CT molecular complexity index is 432. The molecule has 2 N–H and O–H groups in total. The third-order valence-electron chi connectivity index (χ3n) is 2.98. The second-order valence-corrected chi connectivity index (χ2v) is 6.43. The summed E-state index contributed by atoms with van der Waals surface area (Å²) in [4.78, 5) is 19.2. The minimum absolute atomic E-state index is 0.219. The van der Waals surface area contributed by atoms with E-state index in [1.165, 1.54) is 0 Å². The molecule has 0 aromatic heterocycles. The maximum absolute atomic E-state index is 9.58. The summed E-state index contributed by atoms with van der Waals surface area (Å²) in [6.45, 7) is 4.11. The molecule has 2 rings (SSSR count). The fraction of sp³-hybridized carbons (Fsp3) is 0.500. The fourth-order valence-electron chi connectivity index (χ4n) is 2.00. The highest BCUT2D eigenvalue weighted by molar-refractivity contribution is 7.54. The van der Waals surface area contributed by atoms with Crippen molar-refractivity contribution >= 4 is 8.17 Å². The Morgan fingerprint density at radius 3 is 2.67 bits per heavy atom. The van der Waals surface area contributed by atoms with E-state index >= 15 is 0 Å². The summed E-state index contributed by atoms with van der Waals surface area (Å²) in [5, 5.41) is 0. The lowest BCUT2D eigenvalue weighted by molar-refractivity contribution is -0.0640. The van der Waals surface area contributed by atoms with Crippen LogP contribution >= 0.6 is 8.17 Å². The van der Waals surface area contributed by atoms with Crippen LogP contribution in [0.2, 0.25) is 0 Å². The van der Waals surface area contributed by atoms with Gasteiger partial charge in [0.25, 0.3) is 0 Å². The van der Waals surface area contributed by atoms with Crippen molar-refractivity contribution in [3.8, 4) is 5.75 Å². The third kappa shape index (κ3) is 2.66. The smallest absolute Gasteiger partial charge is 0.496 e. The lowest BCUT2D eigenvalue weighted by Crippen LogP contribution is -2.34. The molecule has 1 heterocycles. The number of methoxy groups -OCH3 is 1. The van der Waals surface area contributed by atoms with E-state index < -0.39 is 14.3 Å². The predicted molar refractivity (Wildman–Crippen MR) is 67.9 cm³/mol. The Labute approximate surface area is 107 Å². The monoisotopic (exact) mass is 273 g/mol. The highest BCUT2D eigenvalue weighted by Crippen LogP contribution is 2.64. The van der Waals surface area contributed by atoms with Gasteiger partial charge in [-0.2, -0.15) is 14.3 Å². The van der Waals surface area contributed by atoms with Crippen molar-refractivity contribution in [2.75, 3.05) is 13.7 Å². The third-order valence-corrected chi connectivity index (χ3v) is 3.93. The van der Waals surface area contributed by atoms with Gasteiger partial charge in [0.2, 0.25) is 0 Å². The number of rotatable bonds is 2. The molecule has 1 aliphatic rings. The molecular formula is C12H18O5P+. The highest BCUT2D eigenvalue weighted by atomic mass is 31.2. The van der Waals surface area contributed by atoms with Crippen molar-refractivity contribution in [1.82, 2.24) is 0 Å². The van der Waals surface area contributed by atoms with Crippen LogP contribution in [0, 0.1) is 5.41 Å². The lowest BCUT2D eigenvalue weighted by Gasteiger charge is -2.36. The first-order valence-electron chi connectivity index (χ1n) is 5.66. The first-order valence-corrected chi connectivity index (χ1v) is 7.19. The van der Waals surface area contributed by atoms with Crippen LogP contribution in [0.15, 0.2) is 24.3 Å². The molecule has 18 heavy (non-hydrogen) atoms. The predicted octanol–water partition coefficient (Wildman–Crippen LogP) is 2.47. The molecule has 0 aliphatic carbocycles. The zero-order chi connectivity index (χ0) is 13.4. The molecule has 1 aliphatic heterocycles. The molecule has 0 saturated carbocycles. The van der Waals surface area contributed by atoms with Crippen LogP contribution in [-0.2, 0) is 9.05 Å². The van der Waals surface area contributed by atoms with Gasteiger partial charge in [0.1, 0.15) is 18.5 Å². The van der Waals surface area contributed by atoms with Crippen molar-refractivity contribution in [2.24, 2.45) is 5.41 Å². The van der Waals surface area contributed by atoms with Gasteiger partial charge in [0, 0.05) is 11.0 Å². The Kier molecular flexibility index (Phi) is 3.63. The summed E-state index contributed by atoms with van der Waals surface area (Å²) in [6.07, 6.45) is -0.481. The first-order chi connectivity index (χ1) is 8.36. The average Bonchev–Trinajstić information content (AvgIpc) is 2.33. The van der Waals surface area contributed by atoms with Crippen molar-refractivity contribution in [2.45, 2.75) is 20.0 Å². The average molecular weight is 273 g/mol. The zero-order valence-corrected chi connectivity index (χ0v) is 11.6. The van der Waals surface area contributed by atoms with Crippen LogP contribution in [0.3, 0.4) is 0 Å². The van der Waals surface area contributed by atoms with E-state index in [0.717, 1.165) is 5.56 Å². The zero-order valence-electron chi connectivity index (χ0n) is 10.7. The van der Waals surface area contributed by atoms with Crippen LogP contribution in [0.5, 0.6) is 5.75 Å². The Hall–Kier alpha value is -0.710. The molecule has 0 unspecified atom stereocenters. The van der Waals surface area contributed by atoms with Gasteiger partial charge in [-0.05, 0) is 6.07 Å². The Morgan fingerprint density at radius 2 is 2.00 bits per heavy atom. The molecule has 100 valence electrons. The van der Waals surface area contributed by atoms with Gasteiger partial charge in [0.05, 0.1) is 7.11 Å². The molecule has 5 nitrogen and oxygen atoms in total. The van der Waals surface area contributed by atoms with E-state index in [9.17, 15) is 9.79 Å². The second-order valence-electron chi connectivity index (χ2n) is 4.98. The first kappa shape index (κ1) is 13.7. The molecule has 0 bridgehead atoms. The van der Waals surface area contributed by atoms with E-state index in [1.807, 2.05) is 38.1 Å². The SMILES string of the molecule is COc1ccccc1[C@H]1O[P+](O)(O)OCC1(C)C. The molecule has 0 spiro atoms. The number of hydrogen-bond acceptors (Lipinski definition) is 5. The van der Waals surface area contributed by atoms with Gasteiger partial charge < -0.3 is 4.74 Å². The quantitative estimate of drug-likeness (QED) is 0.810. The summed E-state index contributed by atoms with van der Waals surface area (Å²) in [5.74, 6) is 0.664. The molecule has 0 amide bonds. The van der Waals surface area contributed by atoms with Gasteiger partial charge in [0.15, 0.2) is 0 Å². The van der Waals surface area contributed by atoms with E-state index in [4.69, 9.17) is 13.8 Å². The molecule has 6 heteroatoms. The van der Waals surface area contributed by atoms with Crippen molar-refractivity contribution in [1.29, 1.82) is 0 Å². The fourth-order valence-corrected chi connectivity index (χ4v) is 3.23. The topological polar surface area (TPSA) is 68.2 Å². The molecular weight excluding hydrogens is 255 g/mol. The van der Waals surface area contributed by atoms with Crippen LogP contribution in [0.1, 0.15) is 25.5 Å². The van der Waals surface area contributed by atoms with E-state index in [0.29, 0.717) is 5.75 Å². The van der Waals surface area contributed by atoms with Crippen molar-refractivity contribution < 1.29 is 23.6 Å².